The van der Waals surface area contributed by atoms with Gasteiger partial charge in [-0.25, -0.2) is 9.78 Å². The monoisotopic (exact) mass is 445 g/mol. The number of amides is 1. The number of furan rings is 1. The Morgan fingerprint density at radius 3 is 2.61 bits per heavy atom. The Labute approximate surface area is 188 Å². The Morgan fingerprint density at radius 1 is 1.09 bits per heavy atom. The summed E-state index contributed by atoms with van der Waals surface area (Å²) in [6.45, 7) is 2.94. The number of pyridine rings is 1. The maximum Gasteiger partial charge on any atom is 0.339 e. The Balaban J connectivity index is 1.54. The van der Waals surface area contributed by atoms with Crippen molar-refractivity contribution in [3.63, 3.8) is 0 Å². The van der Waals surface area contributed by atoms with Crippen LogP contribution in [0.5, 0.6) is 0 Å². The SMILES string of the molecule is Cc1ccc(-c2cc(C(=O)OCC(=O)Nc3cc([N+](=O)[O-])ccc3C)c3ccccc3n2)o1. The van der Waals surface area contributed by atoms with Gasteiger partial charge in [0.15, 0.2) is 12.4 Å². The second-order valence-electron chi connectivity index (χ2n) is 7.36. The van der Waals surface area contributed by atoms with E-state index in [0.717, 1.165) is 0 Å². The minimum absolute atomic E-state index is 0.156. The molecule has 0 aliphatic heterocycles. The van der Waals surface area contributed by atoms with Crippen molar-refractivity contribution in [2.24, 2.45) is 0 Å². The van der Waals surface area contributed by atoms with Gasteiger partial charge in [-0.15, -0.1) is 0 Å². The number of esters is 1. The molecule has 0 aliphatic rings. The molecule has 0 saturated carbocycles. The number of hydrogen-bond donors (Lipinski definition) is 1. The number of nitrogens with one attached hydrogen (secondary N) is 1. The van der Waals surface area contributed by atoms with Crippen LogP contribution in [0.2, 0.25) is 0 Å². The number of para-hydroxylation sites is 1. The second kappa shape index (κ2) is 8.91. The van der Waals surface area contributed by atoms with Gasteiger partial charge in [0.2, 0.25) is 0 Å². The number of carbonyl (C=O) groups is 2. The quantitative estimate of drug-likeness (QED) is 0.256. The number of nitro benzene ring substituents is 1. The third kappa shape index (κ3) is 4.72. The van der Waals surface area contributed by atoms with E-state index >= 15 is 0 Å². The fraction of sp³-hybridized carbons (Fsp3) is 0.125. The molecule has 9 nitrogen and oxygen atoms in total. The standard InChI is InChI=1S/C24H19N3O6/c1-14-7-9-16(27(30)31)11-20(14)26-23(28)13-32-24(29)18-12-21(22-10-8-15(2)33-22)25-19-6-4-3-5-17(18)19/h3-12H,13H2,1-2H3,(H,26,28). The molecular formula is C24H19N3O6. The molecule has 0 atom stereocenters. The van der Waals surface area contributed by atoms with Gasteiger partial charge in [-0.1, -0.05) is 24.3 Å². The van der Waals surface area contributed by atoms with Gasteiger partial charge in [0.05, 0.1) is 21.7 Å². The number of nitro groups is 1. The first-order valence-electron chi connectivity index (χ1n) is 10.0. The van der Waals surface area contributed by atoms with E-state index < -0.39 is 23.4 Å². The first kappa shape index (κ1) is 21.7. The van der Waals surface area contributed by atoms with Crippen LogP contribution in [0.15, 0.2) is 65.1 Å². The first-order chi connectivity index (χ1) is 15.8. The lowest BCUT2D eigenvalue weighted by Gasteiger charge is -2.11. The largest absolute Gasteiger partial charge is 0.460 e. The molecule has 33 heavy (non-hydrogen) atoms. The average molecular weight is 445 g/mol. The zero-order valence-electron chi connectivity index (χ0n) is 17.8. The molecule has 0 fully saturated rings. The fourth-order valence-electron chi connectivity index (χ4n) is 3.30. The third-order valence-corrected chi connectivity index (χ3v) is 4.97. The van der Waals surface area contributed by atoms with E-state index in [1.54, 1.807) is 56.3 Å². The molecule has 1 amide bonds. The lowest BCUT2D eigenvalue weighted by Crippen LogP contribution is -2.21. The Bertz CT molecular complexity index is 1390. The zero-order chi connectivity index (χ0) is 23.5. The van der Waals surface area contributed by atoms with E-state index in [1.807, 2.05) is 0 Å². The summed E-state index contributed by atoms with van der Waals surface area (Å²) in [5.41, 5.74) is 2.03. The van der Waals surface area contributed by atoms with Crippen molar-refractivity contribution in [3.8, 4) is 11.5 Å². The number of aryl methyl sites for hydroxylation is 2. The first-order valence-corrected chi connectivity index (χ1v) is 10.0. The highest BCUT2D eigenvalue weighted by Gasteiger charge is 2.18. The molecule has 2 aromatic heterocycles. The van der Waals surface area contributed by atoms with Gasteiger partial charge in [-0.2, -0.15) is 0 Å². The number of ether oxygens (including phenoxy) is 1. The molecular weight excluding hydrogens is 426 g/mol. The summed E-state index contributed by atoms with van der Waals surface area (Å²) in [7, 11) is 0. The number of fused-ring (bicyclic) bond motifs is 1. The third-order valence-electron chi connectivity index (χ3n) is 4.97. The summed E-state index contributed by atoms with van der Waals surface area (Å²) in [6, 6.07) is 16.3. The van der Waals surface area contributed by atoms with Crippen LogP contribution in [0, 0.1) is 24.0 Å². The molecule has 2 aromatic carbocycles. The Kier molecular flexibility index (Phi) is 5.86. The topological polar surface area (TPSA) is 125 Å². The van der Waals surface area contributed by atoms with Crippen molar-refractivity contribution in [1.82, 2.24) is 4.98 Å². The lowest BCUT2D eigenvalue weighted by atomic mass is 10.1. The van der Waals surface area contributed by atoms with Crippen LogP contribution in [-0.4, -0.2) is 28.4 Å². The van der Waals surface area contributed by atoms with Gasteiger partial charge >= 0.3 is 5.97 Å². The zero-order valence-corrected chi connectivity index (χ0v) is 17.8. The minimum atomic E-state index is -0.705. The van der Waals surface area contributed by atoms with E-state index in [9.17, 15) is 19.7 Å². The highest BCUT2D eigenvalue weighted by atomic mass is 16.6. The Morgan fingerprint density at radius 2 is 1.88 bits per heavy atom. The number of nitrogens with zero attached hydrogens (tertiary/aromatic N) is 2. The summed E-state index contributed by atoms with van der Waals surface area (Å²) < 4.78 is 10.9. The van der Waals surface area contributed by atoms with E-state index in [-0.39, 0.29) is 16.9 Å². The fourth-order valence-corrected chi connectivity index (χ4v) is 3.30. The van der Waals surface area contributed by atoms with E-state index in [4.69, 9.17) is 9.15 Å². The summed E-state index contributed by atoms with van der Waals surface area (Å²) in [5, 5.41) is 14.1. The van der Waals surface area contributed by atoms with E-state index in [0.29, 0.717) is 33.7 Å². The normalized spacial score (nSPS) is 10.7. The number of benzene rings is 2. The molecule has 1 N–H and O–H groups in total. The molecule has 4 rings (SSSR count). The van der Waals surface area contributed by atoms with Crippen LogP contribution < -0.4 is 5.32 Å². The van der Waals surface area contributed by atoms with Gasteiger partial charge in [0.1, 0.15) is 11.5 Å². The number of non-ortho nitro benzene ring substituents is 1. The average Bonchev–Trinajstić information content (AvgIpc) is 3.24. The molecule has 0 unspecified atom stereocenters. The van der Waals surface area contributed by atoms with Crippen LogP contribution in [0.1, 0.15) is 21.7 Å². The maximum absolute atomic E-state index is 12.9. The lowest BCUT2D eigenvalue weighted by molar-refractivity contribution is -0.384. The van der Waals surface area contributed by atoms with Crippen molar-refractivity contribution in [2.45, 2.75) is 13.8 Å². The number of rotatable bonds is 6. The molecule has 0 aliphatic carbocycles. The molecule has 0 spiro atoms. The highest BCUT2D eigenvalue weighted by Crippen LogP contribution is 2.27. The van der Waals surface area contributed by atoms with E-state index in [2.05, 4.69) is 10.3 Å². The van der Waals surface area contributed by atoms with Crippen molar-refractivity contribution < 1.29 is 23.7 Å². The van der Waals surface area contributed by atoms with Gasteiger partial charge in [-0.05, 0) is 43.7 Å². The van der Waals surface area contributed by atoms with Crippen LogP contribution in [0.3, 0.4) is 0 Å². The summed E-state index contributed by atoms with van der Waals surface area (Å²) in [4.78, 5) is 40.2. The maximum atomic E-state index is 12.9. The minimum Gasteiger partial charge on any atom is -0.460 e. The summed E-state index contributed by atoms with van der Waals surface area (Å²) >= 11 is 0. The van der Waals surface area contributed by atoms with Crippen LogP contribution in [0.25, 0.3) is 22.4 Å². The number of hydrogen-bond acceptors (Lipinski definition) is 7. The predicted molar refractivity (Wildman–Crippen MR) is 121 cm³/mol. The summed E-state index contributed by atoms with van der Waals surface area (Å²) in [5.74, 6) is -0.111. The molecule has 0 radical (unpaired) electrons. The van der Waals surface area contributed by atoms with Gasteiger partial charge in [0.25, 0.3) is 11.6 Å². The molecule has 166 valence electrons. The molecule has 4 aromatic rings. The molecule has 2 heterocycles. The smallest absolute Gasteiger partial charge is 0.339 e. The molecule has 0 saturated heterocycles. The van der Waals surface area contributed by atoms with Crippen molar-refractivity contribution in [3.05, 3.63) is 87.7 Å². The summed E-state index contributed by atoms with van der Waals surface area (Å²) in [6.07, 6.45) is 0. The van der Waals surface area contributed by atoms with Crippen LogP contribution in [-0.2, 0) is 9.53 Å². The van der Waals surface area contributed by atoms with Gasteiger partial charge in [0, 0.05) is 17.5 Å². The second-order valence-corrected chi connectivity index (χ2v) is 7.36. The Hall–Kier alpha value is -4.53. The van der Waals surface area contributed by atoms with E-state index in [1.165, 1.54) is 18.2 Å². The van der Waals surface area contributed by atoms with Crippen molar-refractivity contribution in [1.29, 1.82) is 0 Å². The molecule has 0 bridgehead atoms. The van der Waals surface area contributed by atoms with Crippen LogP contribution >= 0.6 is 0 Å². The van der Waals surface area contributed by atoms with Crippen molar-refractivity contribution in [2.75, 3.05) is 11.9 Å². The van der Waals surface area contributed by atoms with Gasteiger partial charge in [-0.3, -0.25) is 14.9 Å². The van der Waals surface area contributed by atoms with Crippen molar-refractivity contribution >= 4 is 34.2 Å². The number of carbonyl (C=O) groups excluding carboxylic acids is 2. The molecule has 9 heteroatoms. The van der Waals surface area contributed by atoms with Gasteiger partial charge < -0.3 is 14.5 Å². The van der Waals surface area contributed by atoms with Crippen LogP contribution in [0.4, 0.5) is 11.4 Å². The number of aromatic nitrogens is 1. The predicted octanol–water partition coefficient (Wildman–Crippen LogP) is 4.82. The number of anilines is 1. The highest BCUT2D eigenvalue weighted by molar-refractivity contribution is 6.05.